The topological polar surface area (TPSA) is 79.2 Å². The summed E-state index contributed by atoms with van der Waals surface area (Å²) in [5.74, 6) is -3.99. The van der Waals surface area contributed by atoms with Gasteiger partial charge in [-0.15, -0.1) is 11.8 Å². The van der Waals surface area contributed by atoms with E-state index in [9.17, 15) is 19.2 Å². The average Bonchev–Trinajstić information content (AvgIpc) is 2.73. The molecule has 0 radical (unpaired) electrons. The van der Waals surface area contributed by atoms with Gasteiger partial charge in [0.25, 0.3) is 0 Å². The minimum Gasteiger partial charge on any atom is -0.465 e. The van der Waals surface area contributed by atoms with Crippen LogP contribution < -0.4 is 5.32 Å². The van der Waals surface area contributed by atoms with Crippen LogP contribution in [0.2, 0.25) is 5.02 Å². The molecule has 0 aliphatic carbocycles. The maximum Gasteiger partial charge on any atom is 0.319 e. The smallest absolute Gasteiger partial charge is 0.319 e. The third-order valence-corrected chi connectivity index (χ3v) is 5.95. The number of rotatable bonds is 6. The van der Waals surface area contributed by atoms with E-state index in [1.54, 1.807) is 25.1 Å². The van der Waals surface area contributed by atoms with Crippen LogP contribution in [-0.2, 0) is 20.1 Å². The highest BCUT2D eigenvalue weighted by molar-refractivity contribution is 8.02. The summed E-state index contributed by atoms with van der Waals surface area (Å²) in [4.78, 5) is 25.4. The van der Waals surface area contributed by atoms with Crippen molar-refractivity contribution in [2.45, 2.75) is 18.6 Å². The normalized spacial score (nSPS) is 18.5. The first-order valence-corrected chi connectivity index (χ1v) is 10.6. The Bertz CT molecular complexity index is 1030. The predicted octanol–water partition coefficient (Wildman–Crippen LogP) is 4.54. The lowest BCUT2D eigenvalue weighted by Gasteiger charge is -2.31. The van der Waals surface area contributed by atoms with Gasteiger partial charge < -0.3 is 10.1 Å². The number of ether oxygens (including phenoxy) is 1. The molecule has 2 atom stereocenters. The number of allylic oxidation sites excluding steroid dienone is 1. The minimum atomic E-state index is -1.35. The van der Waals surface area contributed by atoms with Crippen LogP contribution in [0.25, 0.3) is 0 Å². The first-order chi connectivity index (χ1) is 14.5. The van der Waals surface area contributed by atoms with Gasteiger partial charge in [0.05, 0.1) is 23.3 Å². The molecular formula is C22H18ClFN2O3S. The molecule has 5 nitrogen and oxygen atoms in total. The lowest BCUT2D eigenvalue weighted by atomic mass is 9.78. The van der Waals surface area contributed by atoms with Crippen molar-refractivity contribution in [3.05, 3.63) is 81.1 Å². The molecule has 1 N–H and O–H groups in total. The van der Waals surface area contributed by atoms with E-state index in [1.165, 1.54) is 30.0 Å². The molecule has 2 aromatic rings. The minimum absolute atomic E-state index is 0.0659. The summed E-state index contributed by atoms with van der Waals surface area (Å²) in [5, 5.41) is 13.4. The standard InChI is InChI=1S/C22H18ClFN2O3S/c1-2-29-22(28)19-18(15-5-3-4-6-17(15)24)16(11-25)21(26-20(19)27)30-12-13-7-9-14(23)10-8-13/h3-10,18-19H,2,12H2,1H3,(H,26,27)/t18-,19+/m1/s1. The van der Waals surface area contributed by atoms with E-state index >= 15 is 0 Å². The molecule has 0 spiro atoms. The number of benzene rings is 2. The van der Waals surface area contributed by atoms with Crippen LogP contribution in [0.4, 0.5) is 4.39 Å². The molecule has 1 heterocycles. The molecule has 0 unspecified atom stereocenters. The summed E-state index contributed by atoms with van der Waals surface area (Å²) in [6, 6.07) is 15.1. The molecule has 0 saturated heterocycles. The van der Waals surface area contributed by atoms with Crippen LogP contribution in [0.1, 0.15) is 24.0 Å². The zero-order chi connectivity index (χ0) is 21.7. The van der Waals surface area contributed by atoms with Crippen molar-refractivity contribution in [2.24, 2.45) is 5.92 Å². The summed E-state index contributed by atoms with van der Waals surface area (Å²) in [7, 11) is 0. The molecule has 0 aromatic heterocycles. The zero-order valence-corrected chi connectivity index (χ0v) is 17.6. The van der Waals surface area contributed by atoms with Crippen molar-refractivity contribution in [3.8, 4) is 6.07 Å². The number of nitriles is 1. The molecule has 3 rings (SSSR count). The van der Waals surface area contributed by atoms with E-state index < -0.39 is 29.5 Å². The third-order valence-electron chi connectivity index (χ3n) is 4.61. The van der Waals surface area contributed by atoms with E-state index in [-0.39, 0.29) is 17.7 Å². The Morgan fingerprint density at radius 1 is 1.27 bits per heavy atom. The van der Waals surface area contributed by atoms with E-state index in [0.29, 0.717) is 15.8 Å². The summed E-state index contributed by atoms with van der Waals surface area (Å²) in [6.07, 6.45) is 0. The van der Waals surface area contributed by atoms with Crippen LogP contribution in [0.15, 0.2) is 59.1 Å². The first kappa shape index (κ1) is 21.9. The van der Waals surface area contributed by atoms with E-state index in [1.807, 2.05) is 12.1 Å². The number of hydrogen-bond donors (Lipinski definition) is 1. The molecule has 30 heavy (non-hydrogen) atoms. The van der Waals surface area contributed by atoms with Crippen molar-refractivity contribution in [2.75, 3.05) is 6.61 Å². The molecule has 1 amide bonds. The molecule has 2 aromatic carbocycles. The molecule has 1 aliphatic rings. The first-order valence-electron chi connectivity index (χ1n) is 9.19. The Balaban J connectivity index is 2.03. The molecule has 0 bridgehead atoms. The van der Waals surface area contributed by atoms with E-state index in [4.69, 9.17) is 16.3 Å². The lowest BCUT2D eigenvalue weighted by molar-refractivity contribution is -0.152. The van der Waals surface area contributed by atoms with Gasteiger partial charge in [-0.1, -0.05) is 41.9 Å². The van der Waals surface area contributed by atoms with Crippen LogP contribution in [0.3, 0.4) is 0 Å². The number of nitrogens with one attached hydrogen (secondary N) is 1. The maximum atomic E-state index is 14.6. The predicted molar refractivity (Wildman–Crippen MR) is 113 cm³/mol. The summed E-state index contributed by atoms with van der Waals surface area (Å²) in [5.41, 5.74) is 1.15. The van der Waals surface area contributed by atoms with Gasteiger partial charge >= 0.3 is 5.97 Å². The number of carbonyl (C=O) groups is 2. The molecule has 154 valence electrons. The van der Waals surface area contributed by atoms with E-state index in [0.717, 1.165) is 5.56 Å². The Kier molecular flexibility index (Phi) is 7.14. The molecule has 1 aliphatic heterocycles. The Hall–Kier alpha value is -2.82. The third kappa shape index (κ3) is 4.66. The highest BCUT2D eigenvalue weighted by Crippen LogP contribution is 2.41. The highest BCUT2D eigenvalue weighted by Gasteiger charge is 2.45. The van der Waals surface area contributed by atoms with Gasteiger partial charge in [0, 0.05) is 16.7 Å². The number of amides is 1. The van der Waals surface area contributed by atoms with Gasteiger partial charge in [0.15, 0.2) is 0 Å². The summed E-state index contributed by atoms with van der Waals surface area (Å²) < 4.78 is 19.7. The molecule has 0 fully saturated rings. The Labute approximate surface area is 182 Å². The number of esters is 1. The Morgan fingerprint density at radius 2 is 1.97 bits per heavy atom. The Morgan fingerprint density at radius 3 is 2.60 bits per heavy atom. The largest absolute Gasteiger partial charge is 0.465 e. The quantitative estimate of drug-likeness (QED) is 0.522. The van der Waals surface area contributed by atoms with Gasteiger partial charge in [-0.25, -0.2) is 4.39 Å². The molecular weight excluding hydrogens is 427 g/mol. The van der Waals surface area contributed by atoms with Gasteiger partial charge in [0.2, 0.25) is 5.91 Å². The lowest BCUT2D eigenvalue weighted by Crippen LogP contribution is -2.44. The van der Waals surface area contributed by atoms with Gasteiger partial charge in [0.1, 0.15) is 11.7 Å². The fraction of sp³-hybridized carbons (Fsp3) is 0.227. The molecule has 8 heteroatoms. The van der Waals surface area contributed by atoms with Crippen LogP contribution >= 0.6 is 23.4 Å². The molecule has 0 saturated carbocycles. The van der Waals surface area contributed by atoms with Gasteiger partial charge in [-0.2, -0.15) is 5.26 Å². The van der Waals surface area contributed by atoms with Crippen molar-refractivity contribution >= 4 is 35.2 Å². The van der Waals surface area contributed by atoms with Gasteiger partial charge in [-0.05, 0) is 36.2 Å². The number of thioether (sulfide) groups is 1. The fourth-order valence-corrected chi connectivity index (χ4v) is 4.35. The SMILES string of the molecule is CCOC(=O)[C@@H]1C(=O)NC(SCc2ccc(Cl)cc2)=C(C#N)[C@H]1c1ccccc1F. The number of nitrogens with zero attached hydrogens (tertiary/aromatic N) is 1. The van der Waals surface area contributed by atoms with Gasteiger partial charge in [-0.3, -0.25) is 9.59 Å². The second-order valence-corrected chi connectivity index (χ2v) is 7.91. The number of hydrogen-bond acceptors (Lipinski definition) is 5. The monoisotopic (exact) mass is 444 g/mol. The second-order valence-electron chi connectivity index (χ2n) is 6.49. The zero-order valence-electron chi connectivity index (χ0n) is 16.0. The van der Waals surface area contributed by atoms with E-state index in [2.05, 4.69) is 11.4 Å². The van der Waals surface area contributed by atoms with Crippen molar-refractivity contribution < 1.29 is 18.7 Å². The fourth-order valence-electron chi connectivity index (χ4n) is 3.22. The summed E-state index contributed by atoms with van der Waals surface area (Å²) >= 11 is 7.13. The summed E-state index contributed by atoms with van der Waals surface area (Å²) in [6.45, 7) is 1.68. The van der Waals surface area contributed by atoms with Crippen LogP contribution in [0, 0.1) is 23.1 Å². The van der Waals surface area contributed by atoms with Crippen LogP contribution in [0.5, 0.6) is 0 Å². The van der Waals surface area contributed by atoms with Crippen molar-refractivity contribution in [1.82, 2.24) is 5.32 Å². The number of carbonyl (C=O) groups excluding carboxylic acids is 2. The second kappa shape index (κ2) is 9.79. The average molecular weight is 445 g/mol. The maximum absolute atomic E-state index is 14.6. The van der Waals surface area contributed by atoms with Crippen LogP contribution in [-0.4, -0.2) is 18.5 Å². The number of halogens is 2. The van der Waals surface area contributed by atoms with Crippen molar-refractivity contribution in [3.63, 3.8) is 0 Å². The van der Waals surface area contributed by atoms with Crippen molar-refractivity contribution in [1.29, 1.82) is 5.26 Å². The highest BCUT2D eigenvalue weighted by atomic mass is 35.5.